The van der Waals surface area contributed by atoms with Gasteiger partial charge in [0.05, 0.1) is 11.5 Å². The normalized spacial score (nSPS) is 11.8. The average Bonchev–Trinajstić information content (AvgIpc) is 2.65. The van der Waals surface area contributed by atoms with Crippen molar-refractivity contribution in [1.29, 1.82) is 0 Å². The lowest BCUT2D eigenvalue weighted by atomic mass is 10.2. The number of alkyl halides is 3. The van der Waals surface area contributed by atoms with E-state index in [1.54, 1.807) is 12.1 Å². The number of sulfonamides is 1. The highest BCUT2D eigenvalue weighted by Gasteiger charge is 2.30. The van der Waals surface area contributed by atoms with Crippen molar-refractivity contribution in [3.05, 3.63) is 54.6 Å². The summed E-state index contributed by atoms with van der Waals surface area (Å²) in [5.74, 6) is 0.418. The van der Waals surface area contributed by atoms with Crippen LogP contribution in [0.15, 0.2) is 59.5 Å². The molecule has 152 valence electrons. The first-order valence-electron chi connectivity index (χ1n) is 8.30. The zero-order chi connectivity index (χ0) is 20.6. The summed E-state index contributed by atoms with van der Waals surface area (Å²) in [6, 6.07) is 14.0. The first-order valence-corrected chi connectivity index (χ1v) is 9.78. The van der Waals surface area contributed by atoms with Gasteiger partial charge in [-0.25, -0.2) is 13.1 Å². The van der Waals surface area contributed by atoms with E-state index in [1.807, 2.05) is 18.2 Å². The molecule has 0 unspecified atom stereocenters. The van der Waals surface area contributed by atoms with Crippen LogP contribution in [0, 0.1) is 0 Å². The molecule has 0 radical (unpaired) electrons. The molecule has 0 aromatic heterocycles. The quantitative estimate of drug-likeness (QED) is 0.614. The topological polar surface area (TPSA) is 84.5 Å². The molecule has 2 aromatic rings. The number of carbonyl (C=O) groups excluding carboxylic acids is 1. The van der Waals surface area contributed by atoms with Gasteiger partial charge in [-0.1, -0.05) is 18.2 Å². The van der Waals surface area contributed by atoms with Gasteiger partial charge < -0.3 is 10.1 Å². The summed E-state index contributed by atoms with van der Waals surface area (Å²) in [4.78, 5) is 11.6. The van der Waals surface area contributed by atoms with Crippen molar-refractivity contribution >= 4 is 21.6 Å². The number of para-hydroxylation sites is 1. The van der Waals surface area contributed by atoms with Crippen LogP contribution in [-0.4, -0.2) is 33.7 Å². The lowest BCUT2D eigenvalue weighted by Gasteiger charge is -2.10. The smallest absolute Gasteiger partial charge is 0.402 e. The Balaban J connectivity index is 1.79. The summed E-state index contributed by atoms with van der Waals surface area (Å²) in [5.41, 5.74) is 0.337. The molecule has 0 heterocycles. The lowest BCUT2D eigenvalue weighted by molar-refractivity contribution is -0.121. The van der Waals surface area contributed by atoms with E-state index in [0.717, 1.165) is 12.1 Å². The highest BCUT2D eigenvalue weighted by atomic mass is 32.2. The highest BCUT2D eigenvalue weighted by molar-refractivity contribution is 7.89. The molecule has 0 atom stereocenters. The van der Waals surface area contributed by atoms with Crippen LogP contribution in [0.4, 0.5) is 18.9 Å². The summed E-state index contributed by atoms with van der Waals surface area (Å²) in [7, 11) is -4.28. The van der Waals surface area contributed by atoms with Gasteiger partial charge in [-0.2, -0.15) is 13.2 Å². The first kappa shape index (κ1) is 21.7. The first-order chi connectivity index (χ1) is 13.2. The van der Waals surface area contributed by atoms with Gasteiger partial charge in [0.25, 0.3) is 0 Å². The van der Waals surface area contributed by atoms with Crippen LogP contribution < -0.4 is 14.8 Å². The third-order valence-electron chi connectivity index (χ3n) is 3.47. The molecule has 0 spiro atoms. The van der Waals surface area contributed by atoms with Crippen LogP contribution in [0.2, 0.25) is 0 Å². The molecule has 2 aromatic carbocycles. The third kappa shape index (κ3) is 7.57. The fourth-order valence-corrected chi connectivity index (χ4v) is 3.16. The highest BCUT2D eigenvalue weighted by Crippen LogP contribution is 2.17. The molecule has 1 amide bonds. The Hall–Kier alpha value is -2.59. The van der Waals surface area contributed by atoms with Crippen molar-refractivity contribution in [2.75, 3.05) is 18.5 Å². The predicted octanol–water partition coefficient (Wildman–Crippen LogP) is 3.32. The molecule has 0 fully saturated rings. The van der Waals surface area contributed by atoms with Crippen LogP contribution in [0.25, 0.3) is 0 Å². The molecule has 2 rings (SSSR count). The largest absolute Gasteiger partial charge is 0.494 e. The number of halogens is 3. The van der Waals surface area contributed by atoms with E-state index in [2.05, 4.69) is 5.32 Å². The van der Waals surface area contributed by atoms with Crippen molar-refractivity contribution in [3.63, 3.8) is 0 Å². The Morgan fingerprint density at radius 1 is 1.00 bits per heavy atom. The molecule has 28 heavy (non-hydrogen) atoms. The zero-order valence-corrected chi connectivity index (χ0v) is 15.5. The molecule has 0 aliphatic heterocycles. The maximum Gasteiger partial charge on any atom is 0.402 e. The van der Waals surface area contributed by atoms with Gasteiger partial charge in [0, 0.05) is 12.1 Å². The Bertz CT molecular complexity index is 870. The van der Waals surface area contributed by atoms with E-state index in [1.165, 1.54) is 16.9 Å². The number of amides is 1. The minimum atomic E-state index is -4.65. The fourth-order valence-electron chi connectivity index (χ4n) is 2.14. The Morgan fingerprint density at radius 2 is 1.64 bits per heavy atom. The van der Waals surface area contributed by atoms with Gasteiger partial charge in [0.15, 0.2) is 0 Å². The summed E-state index contributed by atoms with van der Waals surface area (Å²) >= 11 is 0. The fraction of sp³-hybridized carbons (Fsp3) is 0.278. The molecule has 0 bridgehead atoms. The van der Waals surface area contributed by atoms with Crippen molar-refractivity contribution in [3.8, 4) is 5.75 Å². The summed E-state index contributed by atoms with van der Waals surface area (Å²) in [6.45, 7) is -1.29. The Labute approximate surface area is 160 Å². The van der Waals surface area contributed by atoms with E-state index < -0.39 is 22.7 Å². The number of carbonyl (C=O) groups is 1. The number of anilines is 1. The zero-order valence-electron chi connectivity index (χ0n) is 14.7. The van der Waals surface area contributed by atoms with Crippen LogP contribution in [0.5, 0.6) is 5.75 Å². The second-order valence-corrected chi connectivity index (χ2v) is 7.54. The number of nitrogens with one attached hydrogen (secondary N) is 2. The average molecular weight is 416 g/mol. The second-order valence-electron chi connectivity index (χ2n) is 5.78. The van der Waals surface area contributed by atoms with Crippen molar-refractivity contribution in [2.24, 2.45) is 0 Å². The van der Waals surface area contributed by atoms with Gasteiger partial charge in [0.2, 0.25) is 15.9 Å². The van der Waals surface area contributed by atoms with E-state index in [9.17, 15) is 26.4 Å². The summed E-state index contributed by atoms with van der Waals surface area (Å²) in [6.07, 6.45) is -3.97. The van der Waals surface area contributed by atoms with Gasteiger partial charge in [0.1, 0.15) is 12.3 Å². The third-order valence-corrected chi connectivity index (χ3v) is 4.89. The molecule has 2 N–H and O–H groups in total. The summed E-state index contributed by atoms with van der Waals surface area (Å²) in [5, 5.41) is 2.59. The minimum absolute atomic E-state index is 0.194. The monoisotopic (exact) mass is 416 g/mol. The van der Waals surface area contributed by atoms with Gasteiger partial charge in [-0.15, -0.1) is 0 Å². The number of ether oxygens (including phenoxy) is 1. The van der Waals surface area contributed by atoms with E-state index in [0.29, 0.717) is 24.5 Å². The lowest BCUT2D eigenvalue weighted by Crippen LogP contribution is -2.33. The van der Waals surface area contributed by atoms with Crippen LogP contribution in [-0.2, 0) is 14.8 Å². The number of rotatable bonds is 9. The van der Waals surface area contributed by atoms with Crippen LogP contribution in [0.3, 0.4) is 0 Å². The van der Waals surface area contributed by atoms with Crippen molar-refractivity contribution in [2.45, 2.75) is 23.9 Å². The van der Waals surface area contributed by atoms with E-state index >= 15 is 0 Å². The second kappa shape index (κ2) is 9.56. The van der Waals surface area contributed by atoms with Crippen LogP contribution >= 0.6 is 0 Å². The van der Waals surface area contributed by atoms with E-state index in [-0.39, 0.29) is 17.2 Å². The van der Waals surface area contributed by atoms with Crippen molar-refractivity contribution < 1.29 is 31.1 Å². The van der Waals surface area contributed by atoms with Crippen LogP contribution in [0.1, 0.15) is 12.8 Å². The maximum absolute atomic E-state index is 12.1. The molecule has 0 aliphatic rings. The number of hydrogen-bond acceptors (Lipinski definition) is 4. The van der Waals surface area contributed by atoms with Gasteiger partial charge in [-0.05, 0) is 42.8 Å². The van der Waals surface area contributed by atoms with Gasteiger partial charge >= 0.3 is 6.18 Å². The molecule has 0 saturated carbocycles. The molecule has 0 saturated heterocycles. The molecular weight excluding hydrogens is 397 g/mol. The number of hydrogen-bond donors (Lipinski definition) is 2. The predicted molar refractivity (Wildman–Crippen MR) is 97.5 cm³/mol. The SMILES string of the molecule is O=C(CCCOc1ccccc1)Nc1ccc(S(=O)(=O)NCC(F)(F)F)cc1. The number of benzene rings is 2. The molecule has 6 nitrogen and oxygen atoms in total. The van der Waals surface area contributed by atoms with E-state index in [4.69, 9.17) is 4.74 Å². The standard InChI is InChI=1S/C18H19F3N2O4S/c19-18(20,21)13-22-28(25,26)16-10-8-14(9-11-16)23-17(24)7-4-12-27-15-5-2-1-3-6-15/h1-3,5-6,8-11,22H,4,7,12-13H2,(H,23,24). The molecular formula is C18H19F3N2O4S. The maximum atomic E-state index is 12.1. The minimum Gasteiger partial charge on any atom is -0.494 e. The molecule has 0 aliphatic carbocycles. The van der Waals surface area contributed by atoms with Gasteiger partial charge in [-0.3, -0.25) is 4.79 Å². The summed E-state index contributed by atoms with van der Waals surface area (Å²) < 4.78 is 67.0. The Kier molecular flexibility index (Phi) is 7.41. The molecule has 10 heteroatoms. The van der Waals surface area contributed by atoms with Crippen molar-refractivity contribution in [1.82, 2.24) is 4.72 Å². The Morgan fingerprint density at radius 3 is 2.25 bits per heavy atom.